The fourth-order valence-corrected chi connectivity index (χ4v) is 2.99. The Balaban J connectivity index is 1.51. The molecule has 1 aliphatic rings. The zero-order chi connectivity index (χ0) is 16.8. The Morgan fingerprint density at radius 1 is 1.33 bits per heavy atom. The van der Waals surface area contributed by atoms with Crippen molar-refractivity contribution in [1.29, 1.82) is 5.26 Å². The Hall–Kier alpha value is -2.87. The Morgan fingerprint density at radius 2 is 2.17 bits per heavy atom. The minimum absolute atomic E-state index is 0.168. The summed E-state index contributed by atoms with van der Waals surface area (Å²) >= 11 is 0. The first-order chi connectivity index (χ1) is 11.8. The second-order valence-corrected chi connectivity index (χ2v) is 5.99. The van der Waals surface area contributed by atoms with Gasteiger partial charge in [-0.1, -0.05) is 30.3 Å². The van der Waals surface area contributed by atoms with E-state index < -0.39 is 0 Å². The Bertz CT molecular complexity index is 739. The number of aromatic nitrogens is 1. The summed E-state index contributed by atoms with van der Waals surface area (Å²) in [5.74, 6) is 0.190. The number of benzene rings is 1. The monoisotopic (exact) mass is 320 g/mol. The molecule has 1 fully saturated rings. The quantitative estimate of drug-likeness (QED) is 0.919. The van der Waals surface area contributed by atoms with Crippen molar-refractivity contribution in [2.45, 2.75) is 25.3 Å². The zero-order valence-electron chi connectivity index (χ0n) is 13.5. The van der Waals surface area contributed by atoms with Crippen LogP contribution in [0.1, 0.15) is 24.0 Å². The van der Waals surface area contributed by atoms with Crippen LogP contribution in [0.5, 0.6) is 0 Å². The van der Waals surface area contributed by atoms with Crippen LogP contribution >= 0.6 is 0 Å². The molecule has 2 aromatic rings. The van der Waals surface area contributed by atoms with Gasteiger partial charge in [-0.05, 0) is 24.5 Å². The average molecular weight is 320 g/mol. The van der Waals surface area contributed by atoms with Crippen LogP contribution in [0.3, 0.4) is 0 Å². The van der Waals surface area contributed by atoms with Crippen molar-refractivity contribution in [3.8, 4) is 6.07 Å². The number of nitriles is 1. The number of anilines is 1. The lowest BCUT2D eigenvalue weighted by atomic mass is 10.1. The van der Waals surface area contributed by atoms with E-state index >= 15 is 0 Å². The summed E-state index contributed by atoms with van der Waals surface area (Å²) in [6.07, 6.45) is 5.47. The molecule has 24 heavy (non-hydrogen) atoms. The maximum atomic E-state index is 12.4. The third-order valence-electron chi connectivity index (χ3n) is 4.31. The third kappa shape index (κ3) is 3.90. The van der Waals surface area contributed by atoms with E-state index in [1.54, 1.807) is 18.5 Å². The smallest absolute Gasteiger partial charge is 0.222 e. The highest BCUT2D eigenvalue weighted by atomic mass is 16.2. The van der Waals surface area contributed by atoms with Gasteiger partial charge >= 0.3 is 0 Å². The zero-order valence-corrected chi connectivity index (χ0v) is 13.5. The average Bonchev–Trinajstić information content (AvgIpc) is 3.10. The second-order valence-electron chi connectivity index (χ2n) is 5.99. The lowest BCUT2D eigenvalue weighted by molar-refractivity contribution is -0.130. The largest absolute Gasteiger partial charge is 0.378 e. The molecule has 0 spiro atoms. The standard InChI is InChI=1S/C19H20N4O/c20-12-16-8-10-21-13-18(16)22-17-9-11-23(14-17)19(24)7-6-15-4-2-1-3-5-15/h1-5,8,10,13,17,22H,6-7,9,11,14H2/t17-/m0/s1. The number of rotatable bonds is 5. The molecule has 0 saturated carbocycles. The van der Waals surface area contributed by atoms with Crippen molar-refractivity contribution in [3.05, 3.63) is 59.9 Å². The van der Waals surface area contributed by atoms with Crippen molar-refractivity contribution < 1.29 is 4.79 Å². The molecule has 3 rings (SSSR count). The summed E-state index contributed by atoms with van der Waals surface area (Å²) in [5, 5.41) is 12.5. The molecule has 0 radical (unpaired) electrons. The van der Waals surface area contributed by atoms with Gasteiger partial charge in [0.2, 0.25) is 5.91 Å². The number of nitrogens with zero attached hydrogens (tertiary/aromatic N) is 3. The number of pyridine rings is 1. The van der Waals surface area contributed by atoms with Crippen LogP contribution in [0.15, 0.2) is 48.8 Å². The van der Waals surface area contributed by atoms with Crippen LogP contribution < -0.4 is 5.32 Å². The molecule has 1 aromatic carbocycles. The van der Waals surface area contributed by atoms with E-state index in [1.165, 1.54) is 5.56 Å². The highest BCUT2D eigenvalue weighted by Gasteiger charge is 2.26. The second kappa shape index (κ2) is 7.60. The first-order valence-electron chi connectivity index (χ1n) is 8.18. The summed E-state index contributed by atoms with van der Waals surface area (Å²) in [6.45, 7) is 1.43. The van der Waals surface area contributed by atoms with E-state index in [-0.39, 0.29) is 11.9 Å². The maximum absolute atomic E-state index is 12.4. The number of amides is 1. The van der Waals surface area contributed by atoms with E-state index in [2.05, 4.69) is 16.4 Å². The van der Waals surface area contributed by atoms with Crippen molar-refractivity contribution in [3.63, 3.8) is 0 Å². The van der Waals surface area contributed by atoms with Crippen LogP contribution in [0, 0.1) is 11.3 Å². The molecule has 1 N–H and O–H groups in total. The van der Waals surface area contributed by atoms with Gasteiger partial charge in [-0.25, -0.2) is 0 Å². The summed E-state index contributed by atoms with van der Waals surface area (Å²) in [5.41, 5.74) is 2.51. The Morgan fingerprint density at radius 3 is 2.96 bits per heavy atom. The molecule has 1 aliphatic heterocycles. The minimum atomic E-state index is 0.168. The molecule has 0 unspecified atom stereocenters. The Labute approximate surface area is 141 Å². The van der Waals surface area contributed by atoms with E-state index in [0.29, 0.717) is 18.5 Å². The van der Waals surface area contributed by atoms with Crippen LogP contribution in [0.2, 0.25) is 0 Å². The molecule has 1 amide bonds. The fraction of sp³-hybridized carbons (Fsp3) is 0.316. The fourth-order valence-electron chi connectivity index (χ4n) is 2.99. The predicted molar refractivity (Wildman–Crippen MR) is 92.3 cm³/mol. The van der Waals surface area contributed by atoms with Gasteiger partial charge in [-0.3, -0.25) is 9.78 Å². The maximum Gasteiger partial charge on any atom is 0.222 e. The van der Waals surface area contributed by atoms with E-state index in [0.717, 1.165) is 25.1 Å². The molecule has 5 heteroatoms. The molecule has 1 aromatic heterocycles. The number of likely N-dealkylation sites (tertiary alicyclic amines) is 1. The molecule has 0 aliphatic carbocycles. The van der Waals surface area contributed by atoms with E-state index in [9.17, 15) is 4.79 Å². The first kappa shape index (κ1) is 16.0. The summed E-state index contributed by atoms with van der Waals surface area (Å²) in [6, 6.07) is 14.1. The first-order valence-corrected chi connectivity index (χ1v) is 8.18. The van der Waals surface area contributed by atoms with E-state index in [1.807, 2.05) is 35.2 Å². The molecule has 0 bridgehead atoms. The minimum Gasteiger partial charge on any atom is -0.378 e. The normalized spacial score (nSPS) is 16.6. The number of nitrogens with one attached hydrogen (secondary N) is 1. The third-order valence-corrected chi connectivity index (χ3v) is 4.31. The summed E-state index contributed by atoms with van der Waals surface area (Å²) in [7, 11) is 0. The number of aryl methyl sites for hydroxylation is 1. The van der Waals surface area contributed by atoms with Gasteiger partial charge in [0.15, 0.2) is 0 Å². The van der Waals surface area contributed by atoms with Crippen molar-refractivity contribution in [2.75, 3.05) is 18.4 Å². The molecule has 2 heterocycles. The highest BCUT2D eigenvalue weighted by Crippen LogP contribution is 2.19. The van der Waals surface area contributed by atoms with Crippen molar-refractivity contribution >= 4 is 11.6 Å². The lowest BCUT2D eigenvalue weighted by Gasteiger charge is -2.18. The molecule has 122 valence electrons. The number of hydrogen-bond acceptors (Lipinski definition) is 4. The van der Waals surface area contributed by atoms with Gasteiger partial charge in [0.1, 0.15) is 6.07 Å². The summed E-state index contributed by atoms with van der Waals surface area (Å²) in [4.78, 5) is 18.3. The molecular formula is C19H20N4O. The molecule has 1 atom stereocenters. The molecule has 5 nitrogen and oxygen atoms in total. The summed E-state index contributed by atoms with van der Waals surface area (Å²) < 4.78 is 0. The number of hydrogen-bond donors (Lipinski definition) is 1. The lowest BCUT2D eigenvalue weighted by Crippen LogP contribution is -2.31. The highest BCUT2D eigenvalue weighted by molar-refractivity contribution is 5.77. The van der Waals surface area contributed by atoms with Crippen LogP contribution in [0.4, 0.5) is 5.69 Å². The van der Waals surface area contributed by atoms with Gasteiger partial charge in [0.25, 0.3) is 0 Å². The Kier molecular flexibility index (Phi) is 5.07. The van der Waals surface area contributed by atoms with Gasteiger partial charge in [0, 0.05) is 31.7 Å². The number of carbonyl (C=O) groups excluding carboxylic acids is 1. The molecular weight excluding hydrogens is 300 g/mol. The predicted octanol–water partition coefficient (Wildman–Crippen LogP) is 2.60. The van der Waals surface area contributed by atoms with Gasteiger partial charge in [0.05, 0.1) is 17.4 Å². The van der Waals surface area contributed by atoms with Crippen LogP contribution in [-0.2, 0) is 11.2 Å². The van der Waals surface area contributed by atoms with Crippen LogP contribution in [0.25, 0.3) is 0 Å². The SMILES string of the molecule is N#Cc1ccncc1N[C@H]1CCN(C(=O)CCc2ccccc2)C1. The van der Waals surface area contributed by atoms with Crippen LogP contribution in [-0.4, -0.2) is 34.9 Å². The van der Waals surface area contributed by atoms with Crippen molar-refractivity contribution in [1.82, 2.24) is 9.88 Å². The topological polar surface area (TPSA) is 69.0 Å². The van der Waals surface area contributed by atoms with Gasteiger partial charge < -0.3 is 10.2 Å². The van der Waals surface area contributed by atoms with Gasteiger partial charge in [-0.15, -0.1) is 0 Å². The van der Waals surface area contributed by atoms with Gasteiger partial charge in [-0.2, -0.15) is 5.26 Å². The molecule has 1 saturated heterocycles. The van der Waals surface area contributed by atoms with Crippen molar-refractivity contribution in [2.24, 2.45) is 0 Å². The number of carbonyl (C=O) groups is 1. The van der Waals surface area contributed by atoms with E-state index in [4.69, 9.17) is 5.26 Å².